The van der Waals surface area contributed by atoms with Crippen molar-refractivity contribution in [1.29, 1.82) is 0 Å². The summed E-state index contributed by atoms with van der Waals surface area (Å²) in [6.45, 7) is 4.09. The lowest BCUT2D eigenvalue weighted by molar-refractivity contribution is 0.110. The normalized spacial score (nSPS) is 19.2. The van der Waals surface area contributed by atoms with E-state index in [2.05, 4.69) is 34.3 Å². The van der Waals surface area contributed by atoms with Gasteiger partial charge in [0.25, 0.3) is 0 Å². The first-order chi connectivity index (χ1) is 14.9. The number of benzene rings is 1. The molecule has 160 valence electrons. The van der Waals surface area contributed by atoms with Gasteiger partial charge in [-0.15, -0.1) is 0 Å². The van der Waals surface area contributed by atoms with Gasteiger partial charge in [-0.05, 0) is 68.9 Å². The number of aliphatic hydroxyl groups is 1. The van der Waals surface area contributed by atoms with E-state index in [0.717, 1.165) is 40.6 Å². The van der Waals surface area contributed by atoms with E-state index in [0.29, 0.717) is 30.0 Å². The largest absolute Gasteiger partial charge is 0.393 e. The van der Waals surface area contributed by atoms with Gasteiger partial charge >= 0.3 is 5.69 Å². The molecule has 0 aliphatic heterocycles. The molecule has 0 amide bonds. The smallest absolute Gasteiger partial charge is 0.330 e. The molecule has 0 radical (unpaired) electrons. The molecule has 8 heteroatoms. The molecule has 0 unspecified atom stereocenters. The number of rotatable bonds is 3. The predicted molar refractivity (Wildman–Crippen MR) is 121 cm³/mol. The first-order valence-corrected chi connectivity index (χ1v) is 10.7. The van der Waals surface area contributed by atoms with Gasteiger partial charge in [0.1, 0.15) is 5.52 Å². The van der Waals surface area contributed by atoms with Crippen LogP contribution in [0.15, 0.2) is 35.4 Å². The number of pyridine rings is 1. The fourth-order valence-electron chi connectivity index (χ4n) is 4.53. The molecule has 5 rings (SSSR count). The summed E-state index contributed by atoms with van der Waals surface area (Å²) in [4.78, 5) is 26.6. The Morgan fingerprint density at radius 2 is 1.87 bits per heavy atom. The van der Waals surface area contributed by atoms with Crippen LogP contribution in [0.4, 0.5) is 11.6 Å². The number of aliphatic hydroxyl groups excluding tert-OH is 1. The lowest BCUT2D eigenvalue weighted by Gasteiger charge is -2.26. The predicted octanol–water partition coefficient (Wildman–Crippen LogP) is 3.51. The fourth-order valence-corrected chi connectivity index (χ4v) is 4.53. The maximum absolute atomic E-state index is 12.9. The summed E-state index contributed by atoms with van der Waals surface area (Å²) in [5.74, 6) is 0.451. The van der Waals surface area contributed by atoms with E-state index in [4.69, 9.17) is 4.98 Å². The van der Waals surface area contributed by atoms with Crippen LogP contribution in [0.5, 0.6) is 0 Å². The lowest BCUT2D eigenvalue weighted by Crippen LogP contribution is -2.30. The number of fused-ring (bicyclic) bond motifs is 2. The first-order valence-electron chi connectivity index (χ1n) is 10.7. The lowest BCUT2D eigenvalue weighted by atomic mass is 9.93. The van der Waals surface area contributed by atoms with Gasteiger partial charge in [0.15, 0.2) is 5.65 Å². The number of hydrogen-bond acceptors (Lipinski definition) is 6. The van der Waals surface area contributed by atoms with Crippen molar-refractivity contribution < 1.29 is 5.11 Å². The van der Waals surface area contributed by atoms with Crippen molar-refractivity contribution in [2.75, 3.05) is 5.32 Å². The second kappa shape index (κ2) is 7.46. The van der Waals surface area contributed by atoms with Gasteiger partial charge in [0.05, 0.1) is 17.8 Å². The zero-order valence-electron chi connectivity index (χ0n) is 18.0. The molecular formula is C23H26N6O2. The van der Waals surface area contributed by atoms with Gasteiger partial charge < -0.3 is 10.4 Å². The molecule has 0 atom stereocenters. The highest BCUT2D eigenvalue weighted by molar-refractivity contribution is 5.87. The molecule has 0 saturated heterocycles. The number of anilines is 2. The SMILES string of the molecule is Cc1cc2nccc(C)c2cc1Nc1ncc2c(n1)n(C1CCC(O)CC1)c(=O)n2C. The number of imidazole rings is 1. The summed E-state index contributed by atoms with van der Waals surface area (Å²) in [7, 11) is 1.75. The van der Waals surface area contributed by atoms with Crippen molar-refractivity contribution in [2.45, 2.75) is 51.7 Å². The topological polar surface area (TPSA) is 97.9 Å². The minimum atomic E-state index is -0.275. The highest BCUT2D eigenvalue weighted by atomic mass is 16.3. The minimum Gasteiger partial charge on any atom is -0.393 e. The van der Waals surface area contributed by atoms with E-state index in [1.165, 1.54) is 0 Å². The van der Waals surface area contributed by atoms with Gasteiger partial charge in [-0.2, -0.15) is 4.98 Å². The first kappa shape index (κ1) is 19.7. The molecule has 1 aliphatic carbocycles. The Morgan fingerprint density at radius 1 is 1.10 bits per heavy atom. The van der Waals surface area contributed by atoms with Crippen LogP contribution in [-0.2, 0) is 7.05 Å². The molecule has 3 aromatic heterocycles. The molecular weight excluding hydrogens is 392 g/mol. The Balaban J connectivity index is 1.57. The van der Waals surface area contributed by atoms with Crippen LogP contribution in [0.2, 0.25) is 0 Å². The Labute approximate surface area is 179 Å². The summed E-state index contributed by atoms with van der Waals surface area (Å²) in [6.07, 6.45) is 6.18. The van der Waals surface area contributed by atoms with Gasteiger partial charge in [-0.1, -0.05) is 0 Å². The maximum atomic E-state index is 12.9. The Hall–Kier alpha value is -3.26. The van der Waals surface area contributed by atoms with Crippen LogP contribution in [0, 0.1) is 13.8 Å². The fraction of sp³-hybridized carbons (Fsp3) is 0.391. The third-order valence-electron chi connectivity index (χ3n) is 6.42. The Kier molecular flexibility index (Phi) is 4.74. The van der Waals surface area contributed by atoms with Crippen LogP contribution in [0.1, 0.15) is 42.9 Å². The van der Waals surface area contributed by atoms with Crippen molar-refractivity contribution >= 4 is 33.7 Å². The van der Waals surface area contributed by atoms with E-state index >= 15 is 0 Å². The molecule has 1 saturated carbocycles. The molecule has 3 heterocycles. The van der Waals surface area contributed by atoms with Crippen LogP contribution in [-0.4, -0.2) is 35.3 Å². The quantitative estimate of drug-likeness (QED) is 0.528. The van der Waals surface area contributed by atoms with Crippen molar-refractivity contribution in [1.82, 2.24) is 24.1 Å². The van der Waals surface area contributed by atoms with Crippen molar-refractivity contribution in [3.05, 3.63) is 52.2 Å². The number of aryl methyl sites for hydroxylation is 3. The van der Waals surface area contributed by atoms with Crippen LogP contribution < -0.4 is 11.0 Å². The second-order valence-corrected chi connectivity index (χ2v) is 8.51. The van der Waals surface area contributed by atoms with Crippen molar-refractivity contribution in [2.24, 2.45) is 7.05 Å². The van der Waals surface area contributed by atoms with Crippen LogP contribution in [0.25, 0.3) is 22.1 Å². The number of nitrogens with one attached hydrogen (secondary N) is 1. The summed E-state index contributed by atoms with van der Waals surface area (Å²) in [6, 6.07) is 6.16. The highest BCUT2D eigenvalue weighted by Gasteiger charge is 2.26. The zero-order chi connectivity index (χ0) is 21.7. The van der Waals surface area contributed by atoms with Gasteiger partial charge in [-0.3, -0.25) is 14.1 Å². The molecule has 4 aromatic rings. The molecule has 1 aromatic carbocycles. The summed E-state index contributed by atoms with van der Waals surface area (Å²) in [5, 5.41) is 14.3. The van der Waals surface area contributed by atoms with Crippen LogP contribution >= 0.6 is 0 Å². The third-order valence-corrected chi connectivity index (χ3v) is 6.42. The number of nitrogens with zero attached hydrogens (tertiary/aromatic N) is 5. The van der Waals surface area contributed by atoms with Gasteiger partial charge in [-0.25, -0.2) is 9.78 Å². The molecule has 8 nitrogen and oxygen atoms in total. The van der Waals surface area contributed by atoms with Crippen molar-refractivity contribution in [3.63, 3.8) is 0 Å². The van der Waals surface area contributed by atoms with E-state index in [9.17, 15) is 9.90 Å². The molecule has 1 fully saturated rings. The molecule has 0 bridgehead atoms. The third kappa shape index (κ3) is 3.37. The summed E-state index contributed by atoms with van der Waals surface area (Å²) in [5.41, 5.74) is 5.30. The van der Waals surface area contributed by atoms with E-state index in [-0.39, 0.29) is 17.8 Å². The number of aromatic nitrogens is 5. The highest BCUT2D eigenvalue weighted by Crippen LogP contribution is 2.30. The van der Waals surface area contributed by atoms with Gasteiger partial charge in [0.2, 0.25) is 5.95 Å². The molecule has 2 N–H and O–H groups in total. The van der Waals surface area contributed by atoms with E-state index in [1.807, 2.05) is 19.2 Å². The monoisotopic (exact) mass is 418 g/mol. The molecule has 1 aliphatic rings. The van der Waals surface area contributed by atoms with Crippen LogP contribution in [0.3, 0.4) is 0 Å². The minimum absolute atomic E-state index is 0.0403. The summed E-state index contributed by atoms with van der Waals surface area (Å²) >= 11 is 0. The van der Waals surface area contributed by atoms with Gasteiger partial charge in [0, 0.05) is 30.4 Å². The van der Waals surface area contributed by atoms with E-state index < -0.39 is 0 Å². The van der Waals surface area contributed by atoms with Crippen molar-refractivity contribution in [3.8, 4) is 0 Å². The Morgan fingerprint density at radius 3 is 2.65 bits per heavy atom. The second-order valence-electron chi connectivity index (χ2n) is 8.51. The Bertz CT molecular complexity index is 1350. The van der Waals surface area contributed by atoms with E-state index in [1.54, 1.807) is 22.4 Å². The average molecular weight is 419 g/mol. The average Bonchev–Trinajstić information content (AvgIpc) is 3.00. The molecule has 31 heavy (non-hydrogen) atoms. The standard InChI is InChI=1S/C23H26N6O2/c1-13-8-9-24-19-10-14(2)18(11-17(13)19)26-22-25-12-20-21(27-22)29(23(31)28(20)3)15-4-6-16(30)7-5-15/h8-12,15-16,30H,4-7H2,1-3H3,(H,25,26,27). The number of hydrogen-bond donors (Lipinski definition) is 2. The zero-order valence-corrected chi connectivity index (χ0v) is 18.0. The summed E-state index contributed by atoms with van der Waals surface area (Å²) < 4.78 is 3.37. The molecule has 0 spiro atoms. The maximum Gasteiger partial charge on any atom is 0.330 e.